The Hall–Kier alpha value is -3.38. The molecule has 0 atom stereocenters. The van der Waals surface area contributed by atoms with Gasteiger partial charge in [-0.2, -0.15) is 0 Å². The molecule has 0 spiro atoms. The van der Waals surface area contributed by atoms with Crippen molar-refractivity contribution >= 4 is 29.0 Å². The van der Waals surface area contributed by atoms with Gasteiger partial charge < -0.3 is 14.4 Å². The fourth-order valence-electron chi connectivity index (χ4n) is 3.72. The maximum Gasteiger partial charge on any atom is 0.246 e. The van der Waals surface area contributed by atoms with Gasteiger partial charge in [-0.3, -0.25) is 9.59 Å². The Labute approximate surface area is 206 Å². The van der Waals surface area contributed by atoms with E-state index in [2.05, 4.69) is 16.8 Å². The molecule has 0 radical (unpaired) electrons. The molecule has 0 saturated carbocycles. The summed E-state index contributed by atoms with van der Waals surface area (Å²) < 4.78 is 1.90. The van der Waals surface area contributed by atoms with Crippen LogP contribution in [-0.2, 0) is 24.3 Å². The molecular formula is C27H31ClN4O2. The third kappa shape index (κ3) is 6.58. The summed E-state index contributed by atoms with van der Waals surface area (Å²) in [6.07, 6.45) is 6.09. The van der Waals surface area contributed by atoms with Gasteiger partial charge >= 0.3 is 0 Å². The second-order valence-electron chi connectivity index (χ2n) is 8.09. The smallest absolute Gasteiger partial charge is 0.246 e. The zero-order valence-electron chi connectivity index (χ0n) is 19.9. The fourth-order valence-corrected chi connectivity index (χ4v) is 3.99. The summed E-state index contributed by atoms with van der Waals surface area (Å²) in [7, 11) is 1.99. The second kappa shape index (κ2) is 12.2. The number of imidazole rings is 1. The number of nitrogens with zero attached hydrogens (tertiary/aromatic N) is 4. The Morgan fingerprint density at radius 1 is 1.09 bits per heavy atom. The van der Waals surface area contributed by atoms with Gasteiger partial charge in [0, 0.05) is 50.4 Å². The highest BCUT2D eigenvalue weighted by Gasteiger charge is 2.23. The van der Waals surface area contributed by atoms with Crippen molar-refractivity contribution in [2.75, 3.05) is 25.0 Å². The molecule has 2 aromatic carbocycles. The van der Waals surface area contributed by atoms with E-state index in [9.17, 15) is 9.59 Å². The average molecular weight is 479 g/mol. The normalized spacial score (nSPS) is 12.6. The molecule has 0 N–H and O–H groups in total. The molecule has 6 nitrogen and oxygen atoms in total. The number of likely N-dealkylation sites (N-methyl/N-ethyl adjacent to an activating group) is 1. The number of ketones is 1. The van der Waals surface area contributed by atoms with Gasteiger partial charge in [0.25, 0.3) is 0 Å². The molecule has 34 heavy (non-hydrogen) atoms. The number of anilines is 1. The van der Waals surface area contributed by atoms with Crippen LogP contribution in [0.3, 0.4) is 0 Å². The van der Waals surface area contributed by atoms with Crippen LogP contribution in [0.25, 0.3) is 0 Å². The van der Waals surface area contributed by atoms with Crippen molar-refractivity contribution in [2.45, 2.75) is 33.4 Å². The number of halogens is 1. The number of hydrogen-bond donors (Lipinski definition) is 0. The maximum atomic E-state index is 12.4. The van der Waals surface area contributed by atoms with Crippen LogP contribution in [0, 0.1) is 0 Å². The molecule has 0 saturated heterocycles. The minimum absolute atomic E-state index is 0.00220. The Morgan fingerprint density at radius 2 is 1.79 bits per heavy atom. The van der Waals surface area contributed by atoms with Crippen LogP contribution < -0.4 is 4.90 Å². The van der Waals surface area contributed by atoms with Crippen LogP contribution in [0.5, 0.6) is 0 Å². The van der Waals surface area contributed by atoms with Gasteiger partial charge in [-0.25, -0.2) is 4.98 Å². The first-order valence-electron chi connectivity index (χ1n) is 11.4. The van der Waals surface area contributed by atoms with Crippen molar-refractivity contribution < 1.29 is 9.59 Å². The lowest BCUT2D eigenvalue weighted by Crippen LogP contribution is -2.38. The van der Waals surface area contributed by atoms with Gasteiger partial charge in [0.05, 0.1) is 12.7 Å². The molecule has 2 heterocycles. The lowest BCUT2D eigenvalue weighted by molar-refractivity contribution is -0.127. The molecule has 1 aliphatic heterocycles. The van der Waals surface area contributed by atoms with Crippen LogP contribution in [0.1, 0.15) is 35.7 Å². The average Bonchev–Trinajstić information content (AvgIpc) is 3.29. The van der Waals surface area contributed by atoms with Crippen molar-refractivity contribution in [2.24, 2.45) is 0 Å². The van der Waals surface area contributed by atoms with E-state index in [1.807, 2.05) is 72.3 Å². The van der Waals surface area contributed by atoms with E-state index in [4.69, 9.17) is 11.6 Å². The van der Waals surface area contributed by atoms with Crippen molar-refractivity contribution in [3.63, 3.8) is 0 Å². The first kappa shape index (κ1) is 25.2. The Kier molecular flexibility index (Phi) is 9.05. The minimum atomic E-state index is -0.0277. The van der Waals surface area contributed by atoms with Crippen LogP contribution in [0.2, 0.25) is 5.02 Å². The number of para-hydroxylation sites is 1. The van der Waals surface area contributed by atoms with E-state index in [0.29, 0.717) is 31.9 Å². The first-order valence-corrected chi connectivity index (χ1v) is 11.8. The summed E-state index contributed by atoms with van der Waals surface area (Å²) in [6, 6.07) is 17.9. The van der Waals surface area contributed by atoms with Crippen molar-refractivity contribution in [1.82, 2.24) is 14.5 Å². The summed E-state index contributed by atoms with van der Waals surface area (Å²) in [5.74, 6) is 0.738. The molecule has 1 amide bonds. The number of rotatable bonds is 6. The molecule has 0 unspecified atom stereocenters. The van der Waals surface area contributed by atoms with Gasteiger partial charge in [0.2, 0.25) is 5.91 Å². The van der Waals surface area contributed by atoms with E-state index in [1.54, 1.807) is 17.2 Å². The molecule has 4 rings (SSSR count). The number of benzene rings is 2. The van der Waals surface area contributed by atoms with E-state index >= 15 is 0 Å². The van der Waals surface area contributed by atoms with Crippen molar-refractivity contribution in [3.05, 3.63) is 95.1 Å². The lowest BCUT2D eigenvalue weighted by Gasteiger charge is -2.27. The molecule has 0 bridgehead atoms. The molecular weight excluding hydrogens is 448 g/mol. The predicted octanol–water partition coefficient (Wildman–Crippen LogP) is 5.02. The predicted molar refractivity (Wildman–Crippen MR) is 137 cm³/mol. The Bertz CT molecular complexity index is 1140. The van der Waals surface area contributed by atoms with E-state index < -0.39 is 0 Å². The van der Waals surface area contributed by atoms with Gasteiger partial charge in [-0.15, -0.1) is 0 Å². The van der Waals surface area contributed by atoms with Gasteiger partial charge in [0.1, 0.15) is 11.5 Å². The van der Waals surface area contributed by atoms with Crippen LogP contribution in [0.15, 0.2) is 72.9 Å². The van der Waals surface area contributed by atoms with Gasteiger partial charge in [-0.1, -0.05) is 61.0 Å². The van der Waals surface area contributed by atoms with Crippen molar-refractivity contribution in [1.29, 1.82) is 0 Å². The Morgan fingerprint density at radius 3 is 2.44 bits per heavy atom. The third-order valence-corrected chi connectivity index (χ3v) is 6.08. The lowest BCUT2D eigenvalue weighted by atomic mass is 10.2. The van der Waals surface area contributed by atoms with Crippen molar-refractivity contribution in [3.8, 4) is 0 Å². The monoisotopic (exact) mass is 478 g/mol. The highest BCUT2D eigenvalue weighted by Crippen LogP contribution is 2.16. The van der Waals surface area contributed by atoms with Crippen LogP contribution in [0.4, 0.5) is 5.69 Å². The quantitative estimate of drug-likeness (QED) is 0.368. The van der Waals surface area contributed by atoms with E-state index in [0.717, 1.165) is 23.0 Å². The summed E-state index contributed by atoms with van der Waals surface area (Å²) in [4.78, 5) is 32.0. The highest BCUT2D eigenvalue weighted by atomic mass is 35.5. The maximum absolute atomic E-state index is 12.4. The molecule has 3 aromatic rings. The van der Waals surface area contributed by atoms with Gasteiger partial charge in [-0.05, 0) is 30.2 Å². The number of hydrogen-bond acceptors (Lipinski definition) is 4. The summed E-state index contributed by atoms with van der Waals surface area (Å²) in [5.41, 5.74) is 2.94. The second-order valence-corrected chi connectivity index (χ2v) is 8.50. The SMILES string of the molecule is CC(=O)c1cnc2n1CCN(C(=O)/C=C/CN(C)c1ccccc1)C2.CCc1ccccc1Cl. The minimum Gasteiger partial charge on any atom is -0.371 e. The number of aromatic nitrogens is 2. The number of amides is 1. The number of carbonyl (C=O) groups excluding carboxylic acids is 2. The van der Waals surface area contributed by atoms with Crippen LogP contribution >= 0.6 is 11.6 Å². The zero-order chi connectivity index (χ0) is 24.5. The number of fused-ring (bicyclic) bond motifs is 1. The molecule has 0 aliphatic carbocycles. The number of Topliss-reactive ketones (excluding diaryl/α,β-unsaturated/α-hetero) is 1. The molecule has 1 aromatic heterocycles. The van der Waals surface area contributed by atoms with E-state index in [-0.39, 0.29) is 11.7 Å². The molecule has 7 heteroatoms. The van der Waals surface area contributed by atoms with E-state index in [1.165, 1.54) is 12.5 Å². The fraction of sp³-hybridized carbons (Fsp3) is 0.296. The highest BCUT2D eigenvalue weighted by molar-refractivity contribution is 6.31. The molecule has 0 fully saturated rings. The summed E-state index contributed by atoms with van der Waals surface area (Å²) >= 11 is 5.82. The third-order valence-electron chi connectivity index (χ3n) is 5.71. The largest absolute Gasteiger partial charge is 0.371 e. The first-order chi connectivity index (χ1) is 16.4. The van der Waals surface area contributed by atoms with Gasteiger partial charge in [0.15, 0.2) is 5.78 Å². The molecule has 178 valence electrons. The molecule has 1 aliphatic rings. The topological polar surface area (TPSA) is 58.4 Å². The Balaban J connectivity index is 0.000000302. The summed E-state index contributed by atoms with van der Waals surface area (Å²) in [6.45, 7) is 5.92. The zero-order valence-corrected chi connectivity index (χ0v) is 20.7. The number of carbonyl (C=O) groups is 2. The summed E-state index contributed by atoms with van der Waals surface area (Å²) in [5, 5.41) is 0.875. The standard InChI is InChI=1S/C19H22N4O2.C8H9Cl/c1-15(24)17-13-20-18-14-22(11-12-23(17)18)19(25)9-6-10-21(2)16-7-4-3-5-8-16;1-2-7-5-3-4-6-8(7)9/h3-9,13H,10-12,14H2,1-2H3;3-6H,2H2,1H3/b9-6+;. The number of aryl methyl sites for hydroxylation is 1. The van der Waals surface area contributed by atoms with Crippen LogP contribution in [-0.4, -0.2) is 46.3 Å².